The summed E-state index contributed by atoms with van der Waals surface area (Å²) in [6.07, 6.45) is 0.150. The van der Waals surface area contributed by atoms with Crippen LogP contribution in [0, 0.1) is 5.82 Å². The molecule has 0 radical (unpaired) electrons. The molecule has 0 bridgehead atoms. The summed E-state index contributed by atoms with van der Waals surface area (Å²) < 4.78 is 13.1. The van der Waals surface area contributed by atoms with E-state index in [0.29, 0.717) is 18.2 Å². The van der Waals surface area contributed by atoms with Crippen molar-refractivity contribution in [2.45, 2.75) is 19.0 Å². The number of thioether (sulfide) groups is 1. The number of thiazole rings is 1. The van der Waals surface area contributed by atoms with Crippen molar-refractivity contribution in [1.82, 2.24) is 15.2 Å². The third-order valence-electron chi connectivity index (χ3n) is 4.79. The third kappa shape index (κ3) is 4.88. The van der Waals surface area contributed by atoms with E-state index in [1.807, 2.05) is 35.7 Å². The van der Waals surface area contributed by atoms with Gasteiger partial charge >= 0.3 is 0 Å². The Morgan fingerprint density at radius 2 is 1.90 bits per heavy atom. The summed E-state index contributed by atoms with van der Waals surface area (Å²) >= 11 is 3.09. The van der Waals surface area contributed by atoms with E-state index in [2.05, 4.69) is 10.3 Å². The zero-order chi connectivity index (χ0) is 20.9. The van der Waals surface area contributed by atoms with E-state index in [1.165, 1.54) is 23.5 Å². The Labute approximate surface area is 182 Å². The normalized spacial score (nSPS) is 15.9. The lowest BCUT2D eigenvalue weighted by Gasteiger charge is -2.23. The molecule has 2 aromatic carbocycles. The number of nitrogens with one attached hydrogen (secondary N) is 1. The fourth-order valence-corrected chi connectivity index (χ4v) is 5.19. The molecular formula is C22H20FN3O2S2. The topological polar surface area (TPSA) is 62.3 Å². The number of carbonyl (C=O) groups is 2. The molecule has 4 rings (SSSR count). The first-order valence-electron chi connectivity index (χ1n) is 9.49. The quantitative estimate of drug-likeness (QED) is 0.634. The van der Waals surface area contributed by atoms with Crippen LogP contribution in [0.15, 0.2) is 60.0 Å². The zero-order valence-electron chi connectivity index (χ0n) is 16.1. The van der Waals surface area contributed by atoms with E-state index in [1.54, 1.807) is 28.8 Å². The highest BCUT2D eigenvalue weighted by Crippen LogP contribution is 2.24. The van der Waals surface area contributed by atoms with Gasteiger partial charge in [-0.1, -0.05) is 42.5 Å². The number of benzene rings is 2. The van der Waals surface area contributed by atoms with Crippen molar-refractivity contribution < 1.29 is 14.0 Å². The number of aromatic nitrogens is 1. The van der Waals surface area contributed by atoms with Crippen LogP contribution in [-0.2, 0) is 22.6 Å². The van der Waals surface area contributed by atoms with Gasteiger partial charge < -0.3 is 10.2 Å². The van der Waals surface area contributed by atoms with Crippen molar-refractivity contribution in [2.75, 3.05) is 11.6 Å². The highest BCUT2D eigenvalue weighted by molar-refractivity contribution is 7.99. The number of nitrogens with zero attached hydrogens (tertiary/aromatic N) is 2. The molecule has 2 amide bonds. The number of halogens is 1. The molecule has 1 aliphatic rings. The molecule has 0 aliphatic carbocycles. The molecule has 1 atom stereocenters. The average molecular weight is 442 g/mol. The van der Waals surface area contributed by atoms with Crippen molar-refractivity contribution >= 4 is 34.9 Å². The minimum atomic E-state index is -0.504. The van der Waals surface area contributed by atoms with Crippen molar-refractivity contribution in [1.29, 1.82) is 0 Å². The van der Waals surface area contributed by atoms with Crippen LogP contribution in [0.1, 0.15) is 11.3 Å². The molecule has 1 aliphatic heterocycles. The van der Waals surface area contributed by atoms with Crippen LogP contribution in [0.2, 0.25) is 0 Å². The van der Waals surface area contributed by atoms with Crippen LogP contribution in [-0.4, -0.2) is 39.4 Å². The van der Waals surface area contributed by atoms with E-state index < -0.39 is 6.04 Å². The molecule has 5 nitrogen and oxygen atoms in total. The number of hydrogen-bond acceptors (Lipinski definition) is 5. The summed E-state index contributed by atoms with van der Waals surface area (Å²) in [6, 6.07) is 15.3. The number of rotatable bonds is 6. The summed E-state index contributed by atoms with van der Waals surface area (Å²) in [6.45, 7) is 0.323. The molecular weight excluding hydrogens is 421 g/mol. The van der Waals surface area contributed by atoms with Crippen LogP contribution in [0.4, 0.5) is 4.39 Å². The molecule has 2 heterocycles. The Morgan fingerprint density at radius 3 is 2.67 bits per heavy atom. The van der Waals surface area contributed by atoms with E-state index in [4.69, 9.17) is 0 Å². The molecule has 1 saturated heterocycles. The van der Waals surface area contributed by atoms with Crippen LogP contribution in [0.5, 0.6) is 0 Å². The van der Waals surface area contributed by atoms with Crippen molar-refractivity contribution in [3.63, 3.8) is 0 Å². The molecule has 30 heavy (non-hydrogen) atoms. The predicted molar refractivity (Wildman–Crippen MR) is 117 cm³/mol. The number of amides is 2. The molecule has 0 spiro atoms. The highest BCUT2D eigenvalue weighted by Gasteiger charge is 2.34. The van der Waals surface area contributed by atoms with Gasteiger partial charge in [0, 0.05) is 16.7 Å². The molecule has 3 aromatic rings. The SMILES string of the molecule is O=C(NCc1csc(-c2ccccc2)n1)[C@H]1CSCN1C(=O)Cc1ccc(F)cc1. The Bertz CT molecular complexity index is 1020. The predicted octanol–water partition coefficient (Wildman–Crippen LogP) is 3.71. The standard InChI is InChI=1S/C22H20FN3O2S2/c23-17-8-6-15(7-9-17)10-20(27)26-14-29-13-19(26)21(28)24-11-18-12-30-22(25-18)16-4-2-1-3-5-16/h1-9,12,19H,10-11,13-14H2,(H,24,28)/t19-/m1/s1. The zero-order valence-corrected chi connectivity index (χ0v) is 17.7. The van der Waals surface area contributed by atoms with Crippen molar-refractivity contribution in [2.24, 2.45) is 0 Å². The molecule has 1 N–H and O–H groups in total. The van der Waals surface area contributed by atoms with Gasteiger partial charge in [-0.25, -0.2) is 9.37 Å². The van der Waals surface area contributed by atoms with Gasteiger partial charge in [0.25, 0.3) is 0 Å². The van der Waals surface area contributed by atoms with E-state index >= 15 is 0 Å². The molecule has 154 valence electrons. The molecule has 1 aromatic heterocycles. The van der Waals surface area contributed by atoms with Crippen molar-refractivity contribution in [3.05, 3.63) is 77.1 Å². The first kappa shape index (κ1) is 20.6. The summed E-state index contributed by atoms with van der Waals surface area (Å²) in [5.41, 5.74) is 2.57. The molecule has 8 heteroatoms. The molecule has 0 unspecified atom stereocenters. The highest BCUT2D eigenvalue weighted by atomic mass is 32.2. The van der Waals surface area contributed by atoms with Crippen LogP contribution >= 0.6 is 23.1 Å². The molecule has 0 saturated carbocycles. The smallest absolute Gasteiger partial charge is 0.244 e. The van der Waals surface area contributed by atoms with Gasteiger partial charge in [0.2, 0.25) is 11.8 Å². The fraction of sp³-hybridized carbons (Fsp3) is 0.227. The first-order valence-corrected chi connectivity index (χ1v) is 11.5. The fourth-order valence-electron chi connectivity index (χ4n) is 3.18. The largest absolute Gasteiger partial charge is 0.349 e. The van der Waals surface area contributed by atoms with Crippen LogP contribution in [0.3, 0.4) is 0 Å². The lowest BCUT2D eigenvalue weighted by atomic mass is 10.1. The van der Waals surface area contributed by atoms with E-state index in [-0.39, 0.29) is 24.1 Å². The summed E-state index contributed by atoms with van der Waals surface area (Å²) in [7, 11) is 0. The van der Waals surface area contributed by atoms with Gasteiger partial charge in [0.05, 0.1) is 24.5 Å². The second-order valence-electron chi connectivity index (χ2n) is 6.91. The number of carbonyl (C=O) groups excluding carboxylic acids is 2. The number of hydrogen-bond donors (Lipinski definition) is 1. The van der Waals surface area contributed by atoms with Gasteiger partial charge in [-0.15, -0.1) is 23.1 Å². The summed E-state index contributed by atoms with van der Waals surface area (Å²) in [5.74, 6) is 0.395. The molecule has 1 fully saturated rings. The maximum absolute atomic E-state index is 13.1. The minimum Gasteiger partial charge on any atom is -0.349 e. The van der Waals surface area contributed by atoms with E-state index in [0.717, 1.165) is 21.8 Å². The maximum Gasteiger partial charge on any atom is 0.244 e. The van der Waals surface area contributed by atoms with Gasteiger partial charge in [0.15, 0.2) is 0 Å². The lowest BCUT2D eigenvalue weighted by molar-refractivity contribution is -0.137. The lowest BCUT2D eigenvalue weighted by Crippen LogP contribution is -2.47. The second-order valence-corrected chi connectivity index (χ2v) is 8.77. The van der Waals surface area contributed by atoms with Crippen LogP contribution in [0.25, 0.3) is 10.6 Å². The Morgan fingerprint density at radius 1 is 1.13 bits per heavy atom. The first-order chi connectivity index (χ1) is 14.6. The van der Waals surface area contributed by atoms with Gasteiger partial charge in [-0.05, 0) is 17.7 Å². The summed E-state index contributed by atoms with van der Waals surface area (Å²) in [5, 5.41) is 5.75. The van der Waals surface area contributed by atoms with Gasteiger partial charge in [-0.3, -0.25) is 9.59 Å². The average Bonchev–Trinajstić information content (AvgIpc) is 3.44. The van der Waals surface area contributed by atoms with Gasteiger partial charge in [-0.2, -0.15) is 0 Å². The second kappa shape index (κ2) is 9.40. The van der Waals surface area contributed by atoms with E-state index in [9.17, 15) is 14.0 Å². The summed E-state index contributed by atoms with van der Waals surface area (Å²) in [4.78, 5) is 31.6. The minimum absolute atomic E-state index is 0.133. The van der Waals surface area contributed by atoms with Crippen molar-refractivity contribution in [3.8, 4) is 10.6 Å². The Hall–Kier alpha value is -2.71. The van der Waals surface area contributed by atoms with Gasteiger partial charge in [0.1, 0.15) is 16.9 Å². The monoisotopic (exact) mass is 441 g/mol. The Balaban J connectivity index is 1.34. The Kier molecular flexibility index (Phi) is 6.44. The van der Waals surface area contributed by atoms with Crippen LogP contribution < -0.4 is 5.32 Å². The maximum atomic E-state index is 13.1. The third-order valence-corrected chi connectivity index (χ3v) is 6.74.